The highest BCUT2D eigenvalue weighted by molar-refractivity contribution is 5.86. The first-order valence-corrected chi connectivity index (χ1v) is 13.2. The highest BCUT2D eigenvalue weighted by atomic mass is 16.6. The Morgan fingerprint density at radius 3 is 1.41 bits per heavy atom. The molecule has 0 aromatic rings. The zero-order valence-electron chi connectivity index (χ0n) is 24.6. The molecule has 0 fully saturated rings. The Morgan fingerprint density at radius 2 is 1.05 bits per heavy atom. The lowest BCUT2D eigenvalue weighted by Crippen LogP contribution is -2.30. The average molecular weight is 589 g/mol. The molecule has 0 heterocycles. The predicted octanol–water partition coefficient (Wildman–Crippen LogP) is 2.45. The summed E-state index contributed by atoms with van der Waals surface area (Å²) in [6, 6.07) is 0. The van der Waals surface area contributed by atoms with Crippen LogP contribution in [0.5, 0.6) is 0 Å². The van der Waals surface area contributed by atoms with Gasteiger partial charge in [-0.1, -0.05) is 40.9 Å². The molecule has 0 spiro atoms. The van der Waals surface area contributed by atoms with Gasteiger partial charge >= 0.3 is 36.1 Å². The average Bonchev–Trinajstić information content (AvgIpc) is 2.96. The zero-order valence-corrected chi connectivity index (χ0v) is 24.6. The summed E-state index contributed by atoms with van der Waals surface area (Å²) in [7, 11) is 0. The number of amides is 2. The van der Waals surface area contributed by atoms with Crippen molar-refractivity contribution in [2.24, 2.45) is 11.8 Å². The van der Waals surface area contributed by atoms with E-state index in [-0.39, 0.29) is 76.5 Å². The van der Waals surface area contributed by atoms with Crippen LogP contribution in [0.4, 0.5) is 9.59 Å². The van der Waals surface area contributed by atoms with Crippen LogP contribution in [-0.2, 0) is 47.6 Å². The first-order valence-electron chi connectivity index (χ1n) is 13.2. The summed E-state index contributed by atoms with van der Waals surface area (Å²) >= 11 is 0. The minimum Gasteiger partial charge on any atom is -0.462 e. The zero-order chi connectivity index (χ0) is 31.6. The maximum atomic E-state index is 11.3. The Balaban J connectivity index is 0. The van der Waals surface area contributed by atoms with Gasteiger partial charge in [-0.15, -0.1) is 0 Å². The van der Waals surface area contributed by atoms with Gasteiger partial charge in [-0.2, -0.15) is 0 Å². The van der Waals surface area contributed by atoms with E-state index in [2.05, 4.69) is 28.5 Å². The van der Waals surface area contributed by atoms with Crippen LogP contribution in [0.15, 0.2) is 24.8 Å². The second-order valence-electron chi connectivity index (χ2n) is 8.37. The smallest absolute Gasteiger partial charge is 0.407 e. The number of esters is 4. The molecule has 0 saturated heterocycles. The van der Waals surface area contributed by atoms with E-state index < -0.39 is 24.1 Å². The van der Waals surface area contributed by atoms with Crippen LogP contribution in [0, 0.1) is 11.8 Å². The normalized spacial score (nSPS) is 11.1. The van der Waals surface area contributed by atoms with E-state index >= 15 is 0 Å². The van der Waals surface area contributed by atoms with Gasteiger partial charge < -0.3 is 39.1 Å². The topological polar surface area (TPSA) is 182 Å². The Hall–Kier alpha value is -4.10. The van der Waals surface area contributed by atoms with Gasteiger partial charge in [-0.05, 0) is 19.8 Å². The van der Waals surface area contributed by atoms with Crippen molar-refractivity contribution >= 4 is 36.1 Å². The summed E-state index contributed by atoms with van der Waals surface area (Å²) in [4.78, 5) is 66.7. The van der Waals surface area contributed by atoms with E-state index in [9.17, 15) is 28.8 Å². The van der Waals surface area contributed by atoms with Gasteiger partial charge in [0.15, 0.2) is 0 Å². The van der Waals surface area contributed by atoms with Crippen LogP contribution in [-0.4, -0.2) is 88.8 Å². The van der Waals surface area contributed by atoms with Crippen molar-refractivity contribution in [1.29, 1.82) is 0 Å². The van der Waals surface area contributed by atoms with Crippen molar-refractivity contribution in [1.82, 2.24) is 10.6 Å². The summed E-state index contributed by atoms with van der Waals surface area (Å²) in [5, 5.41) is 4.76. The minimum atomic E-state index is -0.667. The third kappa shape index (κ3) is 23.5. The molecule has 2 N–H and O–H groups in total. The molecular formula is C27H44N2O12. The monoisotopic (exact) mass is 588 g/mol. The number of rotatable bonds is 18. The highest BCUT2D eigenvalue weighted by Crippen LogP contribution is 2.03. The summed E-state index contributed by atoms with van der Waals surface area (Å²) in [5.74, 6) is -2.02. The van der Waals surface area contributed by atoms with Crippen molar-refractivity contribution in [3.8, 4) is 0 Å². The molecule has 0 rings (SSSR count). The van der Waals surface area contributed by atoms with Crippen molar-refractivity contribution in [3.63, 3.8) is 0 Å². The predicted molar refractivity (Wildman–Crippen MR) is 146 cm³/mol. The maximum absolute atomic E-state index is 11.3. The number of alkyl carbamates (subject to hydrolysis) is 2. The van der Waals surface area contributed by atoms with Crippen LogP contribution in [0.3, 0.4) is 0 Å². The van der Waals surface area contributed by atoms with Crippen LogP contribution in [0.2, 0.25) is 0 Å². The molecule has 0 bridgehead atoms. The number of carbonyl (C=O) groups excluding carboxylic acids is 6. The van der Waals surface area contributed by atoms with Crippen molar-refractivity contribution in [3.05, 3.63) is 24.8 Å². The summed E-state index contributed by atoms with van der Waals surface area (Å²) in [5.41, 5.74) is 0.292. The summed E-state index contributed by atoms with van der Waals surface area (Å²) in [6.45, 7) is 15.8. The fourth-order valence-electron chi connectivity index (χ4n) is 2.06. The molecule has 0 radical (unpaired) electrons. The largest absolute Gasteiger partial charge is 0.462 e. The minimum absolute atomic E-state index is 0.0151. The third-order valence-corrected chi connectivity index (χ3v) is 4.89. The molecule has 0 aliphatic carbocycles. The number of carbonyl (C=O) groups is 6. The Kier molecular flexibility index (Phi) is 23.7. The Bertz CT molecular complexity index is 859. The number of hydrogen-bond acceptors (Lipinski definition) is 12. The number of ether oxygens (including phenoxy) is 6. The molecule has 2 atom stereocenters. The lowest BCUT2D eigenvalue weighted by Gasteiger charge is -2.10. The maximum Gasteiger partial charge on any atom is 0.407 e. The molecule has 0 aliphatic rings. The van der Waals surface area contributed by atoms with E-state index in [0.717, 1.165) is 6.08 Å². The summed E-state index contributed by atoms with van der Waals surface area (Å²) in [6.07, 6.45) is 1.09. The molecule has 41 heavy (non-hydrogen) atoms. The lowest BCUT2D eigenvalue weighted by atomic mass is 10.1. The highest BCUT2D eigenvalue weighted by Gasteiger charge is 2.13. The number of nitrogens with one attached hydrogen (secondary N) is 2. The van der Waals surface area contributed by atoms with E-state index in [1.165, 1.54) is 6.92 Å². The van der Waals surface area contributed by atoms with Gasteiger partial charge in [-0.3, -0.25) is 9.59 Å². The Labute approximate surface area is 241 Å². The molecular weight excluding hydrogens is 544 g/mol. The molecule has 14 nitrogen and oxygen atoms in total. The second kappa shape index (κ2) is 24.9. The molecule has 0 saturated carbocycles. The molecule has 0 aromatic heterocycles. The fraction of sp³-hybridized carbons (Fsp3) is 0.630. The van der Waals surface area contributed by atoms with Gasteiger partial charge in [-0.25, -0.2) is 19.2 Å². The number of hydrogen-bond donors (Lipinski definition) is 2. The Morgan fingerprint density at radius 1 is 0.659 bits per heavy atom. The summed E-state index contributed by atoms with van der Waals surface area (Å²) < 4.78 is 28.7. The van der Waals surface area contributed by atoms with Crippen LogP contribution < -0.4 is 10.6 Å². The van der Waals surface area contributed by atoms with Crippen molar-refractivity contribution in [2.75, 3.05) is 52.7 Å². The molecule has 2 unspecified atom stereocenters. The van der Waals surface area contributed by atoms with E-state index in [0.29, 0.717) is 18.4 Å². The van der Waals surface area contributed by atoms with E-state index in [1.54, 1.807) is 13.8 Å². The van der Waals surface area contributed by atoms with E-state index in [4.69, 9.17) is 23.7 Å². The van der Waals surface area contributed by atoms with Gasteiger partial charge in [0.05, 0.1) is 24.9 Å². The van der Waals surface area contributed by atoms with Gasteiger partial charge in [0.25, 0.3) is 0 Å². The van der Waals surface area contributed by atoms with Gasteiger partial charge in [0.1, 0.15) is 39.6 Å². The SMILES string of the molecule is C=C(C)C(=O)OCCNC(=O)OCCOC(=O)C(C)CC.C=CC(=O)OCCNC(=O)OCCOC(=O)C(C)CC. The first-order chi connectivity index (χ1) is 19.4. The molecule has 0 aliphatic heterocycles. The standard InChI is InChI=1S/C14H23NO6.C13H21NO6/c1-5-11(4)13(17)20-8-9-21-14(18)15-6-7-19-12(16)10(2)3;1-4-10(3)12(16)19-8-9-20-13(17)14-6-7-18-11(15)5-2/h11H,2,5-9H2,1,3-4H3,(H,15,18);5,10H,2,4,6-9H2,1,3H3,(H,14,17). The van der Waals surface area contributed by atoms with Gasteiger partial charge in [0, 0.05) is 11.6 Å². The molecule has 234 valence electrons. The van der Waals surface area contributed by atoms with Crippen molar-refractivity contribution < 1.29 is 57.2 Å². The third-order valence-electron chi connectivity index (χ3n) is 4.89. The molecule has 2 amide bonds. The second-order valence-corrected chi connectivity index (χ2v) is 8.37. The van der Waals surface area contributed by atoms with E-state index in [1.807, 2.05) is 13.8 Å². The van der Waals surface area contributed by atoms with Crippen LogP contribution in [0.1, 0.15) is 47.5 Å². The fourth-order valence-corrected chi connectivity index (χ4v) is 2.06. The van der Waals surface area contributed by atoms with Crippen molar-refractivity contribution in [2.45, 2.75) is 47.5 Å². The van der Waals surface area contributed by atoms with Gasteiger partial charge in [0.2, 0.25) is 0 Å². The molecule has 14 heteroatoms. The van der Waals surface area contributed by atoms with Crippen LogP contribution in [0.25, 0.3) is 0 Å². The molecule has 0 aromatic carbocycles. The lowest BCUT2D eigenvalue weighted by molar-refractivity contribution is -0.149. The quantitative estimate of drug-likeness (QED) is 0.103. The first kappa shape index (κ1) is 39.0. The van der Waals surface area contributed by atoms with Crippen LogP contribution >= 0.6 is 0 Å².